The Kier molecular flexibility index (Phi) is 6.47. The number of rotatable bonds is 2. The Morgan fingerprint density at radius 1 is 1.32 bits per heavy atom. The highest BCUT2D eigenvalue weighted by atomic mass is 127. The molecule has 1 unspecified atom stereocenters. The summed E-state index contributed by atoms with van der Waals surface area (Å²) in [6.45, 7) is 3.39. The summed E-state index contributed by atoms with van der Waals surface area (Å²) in [6.07, 6.45) is 3.59. The van der Waals surface area contributed by atoms with Crippen molar-refractivity contribution in [1.29, 1.82) is 0 Å². The number of nitrogens with zero attached hydrogens (tertiary/aromatic N) is 3. The number of nitrogens with one attached hydrogen (secondary N) is 2. The van der Waals surface area contributed by atoms with Crippen molar-refractivity contribution < 1.29 is 9.59 Å². The number of piperidine rings is 1. The van der Waals surface area contributed by atoms with E-state index in [9.17, 15) is 9.59 Å². The second-order valence-electron chi connectivity index (χ2n) is 7.80. The summed E-state index contributed by atoms with van der Waals surface area (Å²) in [7, 11) is 1.75. The van der Waals surface area contributed by atoms with E-state index in [0.29, 0.717) is 6.42 Å². The first kappa shape index (κ1) is 20.9. The Hall–Kier alpha value is -1.84. The fourth-order valence-corrected chi connectivity index (χ4v) is 4.61. The molecule has 0 bridgehead atoms. The second-order valence-corrected chi connectivity index (χ2v) is 7.80. The minimum atomic E-state index is 0. The van der Waals surface area contributed by atoms with Gasteiger partial charge in [0.05, 0.1) is 6.54 Å². The highest BCUT2D eigenvalue weighted by Crippen LogP contribution is 2.36. The predicted octanol–water partition coefficient (Wildman–Crippen LogP) is 1.37. The molecule has 152 valence electrons. The summed E-state index contributed by atoms with van der Waals surface area (Å²) in [5.41, 5.74) is 2.25. The Balaban J connectivity index is 0.00000225. The van der Waals surface area contributed by atoms with Crippen LogP contribution in [0.15, 0.2) is 29.3 Å². The van der Waals surface area contributed by atoms with Crippen LogP contribution >= 0.6 is 24.0 Å². The van der Waals surface area contributed by atoms with Crippen LogP contribution in [0.5, 0.6) is 0 Å². The largest absolute Gasteiger partial charge is 0.355 e. The van der Waals surface area contributed by atoms with Gasteiger partial charge in [-0.1, -0.05) is 18.2 Å². The fourth-order valence-electron chi connectivity index (χ4n) is 4.61. The number of fused-ring (bicyclic) bond motifs is 1. The van der Waals surface area contributed by atoms with E-state index < -0.39 is 0 Å². The van der Waals surface area contributed by atoms with Gasteiger partial charge in [-0.2, -0.15) is 0 Å². The van der Waals surface area contributed by atoms with Crippen molar-refractivity contribution in [2.75, 3.05) is 44.7 Å². The van der Waals surface area contributed by atoms with Gasteiger partial charge in [0.2, 0.25) is 11.8 Å². The molecule has 3 heterocycles. The smallest absolute Gasteiger partial charge is 0.246 e. The highest BCUT2D eigenvalue weighted by Gasteiger charge is 2.42. The zero-order valence-corrected chi connectivity index (χ0v) is 18.6. The van der Waals surface area contributed by atoms with Crippen molar-refractivity contribution in [3.05, 3.63) is 29.8 Å². The number of guanidine groups is 1. The molecule has 2 saturated heterocycles. The number of para-hydroxylation sites is 1. The average Bonchev–Trinajstić information content (AvgIpc) is 3.26. The van der Waals surface area contributed by atoms with Crippen molar-refractivity contribution in [3.8, 4) is 0 Å². The quantitative estimate of drug-likeness (QED) is 0.368. The van der Waals surface area contributed by atoms with Gasteiger partial charge in [0, 0.05) is 50.7 Å². The number of carbonyl (C=O) groups excluding carboxylic acids is 2. The van der Waals surface area contributed by atoms with E-state index in [4.69, 9.17) is 0 Å². The van der Waals surface area contributed by atoms with Crippen LogP contribution < -0.4 is 15.5 Å². The number of halogens is 1. The summed E-state index contributed by atoms with van der Waals surface area (Å²) < 4.78 is 0. The van der Waals surface area contributed by atoms with Crippen LogP contribution in [0.25, 0.3) is 0 Å². The number of hydrogen-bond donors (Lipinski definition) is 2. The maximum atomic E-state index is 12.7. The molecule has 3 aliphatic rings. The Morgan fingerprint density at radius 2 is 2.14 bits per heavy atom. The molecule has 1 spiro atoms. The third kappa shape index (κ3) is 4.11. The van der Waals surface area contributed by atoms with Crippen LogP contribution in [0.1, 0.15) is 24.8 Å². The minimum Gasteiger partial charge on any atom is -0.355 e. The van der Waals surface area contributed by atoms with Gasteiger partial charge in [0.25, 0.3) is 0 Å². The first-order chi connectivity index (χ1) is 13.1. The van der Waals surface area contributed by atoms with Crippen molar-refractivity contribution in [2.45, 2.75) is 25.7 Å². The van der Waals surface area contributed by atoms with E-state index in [1.165, 1.54) is 5.56 Å². The van der Waals surface area contributed by atoms with Crippen LogP contribution in [-0.2, 0) is 16.0 Å². The number of hydrogen-bond acceptors (Lipinski definition) is 3. The molecule has 28 heavy (non-hydrogen) atoms. The summed E-state index contributed by atoms with van der Waals surface area (Å²) in [4.78, 5) is 32.9. The standard InChI is InChI=1S/C20H27N5O2.HI/c1-21-19(24-9-4-8-20(14-24)11-17(26)23-13-20)22-12-18(27)25-10-7-15-5-2-3-6-16(15)25;/h2-3,5-6H,4,7-14H2,1H3,(H,21,22)(H,23,26);1H. The van der Waals surface area contributed by atoms with Gasteiger partial charge in [-0.3, -0.25) is 14.6 Å². The van der Waals surface area contributed by atoms with Crippen molar-refractivity contribution in [3.63, 3.8) is 0 Å². The van der Waals surface area contributed by atoms with E-state index in [1.807, 2.05) is 23.1 Å². The summed E-state index contributed by atoms with van der Waals surface area (Å²) in [5, 5.41) is 6.21. The highest BCUT2D eigenvalue weighted by molar-refractivity contribution is 14.0. The van der Waals surface area contributed by atoms with Gasteiger partial charge in [0.15, 0.2) is 5.96 Å². The monoisotopic (exact) mass is 497 g/mol. The van der Waals surface area contributed by atoms with Crippen molar-refractivity contribution in [1.82, 2.24) is 15.5 Å². The molecule has 7 nitrogen and oxygen atoms in total. The molecule has 4 rings (SSSR count). The van der Waals surface area contributed by atoms with Gasteiger partial charge in [0.1, 0.15) is 0 Å². The van der Waals surface area contributed by atoms with Gasteiger partial charge >= 0.3 is 0 Å². The SMILES string of the molecule is CN=C(NCC(=O)N1CCc2ccccc21)N1CCCC2(CNC(=O)C2)C1.I. The average molecular weight is 497 g/mol. The lowest BCUT2D eigenvalue weighted by Crippen LogP contribution is -2.52. The number of likely N-dealkylation sites (tertiary alicyclic amines) is 1. The van der Waals surface area contributed by atoms with Crippen LogP contribution in [0.2, 0.25) is 0 Å². The number of carbonyl (C=O) groups is 2. The van der Waals surface area contributed by atoms with Gasteiger partial charge in [-0.15, -0.1) is 24.0 Å². The minimum absolute atomic E-state index is 0. The maximum absolute atomic E-state index is 12.7. The molecule has 2 fully saturated rings. The molecular weight excluding hydrogens is 469 g/mol. The molecule has 1 aromatic rings. The van der Waals surface area contributed by atoms with Gasteiger partial charge in [-0.05, 0) is 30.9 Å². The Labute approximate surface area is 183 Å². The third-order valence-electron chi connectivity index (χ3n) is 5.95. The first-order valence-electron chi connectivity index (χ1n) is 9.71. The van der Waals surface area contributed by atoms with Gasteiger partial charge < -0.3 is 20.4 Å². The van der Waals surface area contributed by atoms with Crippen LogP contribution in [0, 0.1) is 5.41 Å². The van der Waals surface area contributed by atoms with Gasteiger partial charge in [-0.25, -0.2) is 0 Å². The summed E-state index contributed by atoms with van der Waals surface area (Å²) in [6, 6.07) is 8.08. The molecule has 0 radical (unpaired) electrons. The number of aliphatic imine (C=N–C) groups is 1. The Morgan fingerprint density at radius 3 is 2.89 bits per heavy atom. The fraction of sp³-hybridized carbons (Fsp3) is 0.550. The zero-order chi connectivity index (χ0) is 18.9. The topological polar surface area (TPSA) is 77.0 Å². The lowest BCUT2D eigenvalue weighted by atomic mass is 9.79. The maximum Gasteiger partial charge on any atom is 0.246 e. The number of anilines is 1. The molecular formula is C20H28IN5O2. The summed E-state index contributed by atoms with van der Waals surface area (Å²) >= 11 is 0. The molecule has 8 heteroatoms. The first-order valence-corrected chi connectivity index (χ1v) is 9.71. The molecule has 1 atom stereocenters. The van der Waals surface area contributed by atoms with Crippen molar-refractivity contribution in [2.24, 2.45) is 10.4 Å². The van der Waals surface area contributed by atoms with Crippen LogP contribution in [-0.4, -0.2) is 62.4 Å². The van der Waals surface area contributed by atoms with Crippen molar-refractivity contribution >= 4 is 47.4 Å². The molecule has 2 amide bonds. The molecule has 3 aliphatic heterocycles. The second kappa shape index (κ2) is 8.67. The molecule has 0 aromatic heterocycles. The lowest BCUT2D eigenvalue weighted by molar-refractivity contribution is -0.120. The molecule has 2 N–H and O–H groups in total. The van der Waals surface area contributed by atoms with Crippen LogP contribution in [0.4, 0.5) is 5.69 Å². The summed E-state index contributed by atoms with van der Waals surface area (Å²) in [5.74, 6) is 0.947. The number of benzene rings is 1. The lowest BCUT2D eigenvalue weighted by Gasteiger charge is -2.40. The van der Waals surface area contributed by atoms with E-state index >= 15 is 0 Å². The van der Waals surface area contributed by atoms with E-state index in [0.717, 1.165) is 57.1 Å². The third-order valence-corrected chi connectivity index (χ3v) is 5.95. The molecule has 0 saturated carbocycles. The Bertz CT molecular complexity index is 784. The molecule has 0 aliphatic carbocycles. The number of amides is 2. The normalized spacial score (nSPS) is 24.0. The zero-order valence-electron chi connectivity index (χ0n) is 16.2. The molecule has 1 aromatic carbocycles. The van der Waals surface area contributed by atoms with E-state index in [-0.39, 0.29) is 47.8 Å². The predicted molar refractivity (Wildman–Crippen MR) is 120 cm³/mol. The van der Waals surface area contributed by atoms with E-state index in [2.05, 4.69) is 26.6 Å². The van der Waals surface area contributed by atoms with Crippen LogP contribution in [0.3, 0.4) is 0 Å². The van der Waals surface area contributed by atoms with E-state index in [1.54, 1.807) is 7.05 Å².